The van der Waals surface area contributed by atoms with Gasteiger partial charge in [-0.15, -0.1) is 0 Å². The number of nitrogens with one attached hydrogen (secondary N) is 2. The normalized spacial score (nSPS) is 18.4. The third-order valence-electron chi connectivity index (χ3n) is 7.02. The van der Waals surface area contributed by atoms with Gasteiger partial charge >= 0.3 is 6.03 Å². The van der Waals surface area contributed by atoms with Crippen LogP contribution in [-0.4, -0.2) is 57.3 Å². The Morgan fingerprint density at radius 1 is 1.14 bits per heavy atom. The number of hydrogen-bond acceptors (Lipinski definition) is 5. The smallest absolute Gasteiger partial charge is 0.322 e. The highest BCUT2D eigenvalue weighted by atomic mass is 16.5. The van der Waals surface area contributed by atoms with E-state index in [1.807, 2.05) is 29.2 Å². The average molecular weight is 469 g/mol. The maximum Gasteiger partial charge on any atom is 0.322 e. The fourth-order valence-corrected chi connectivity index (χ4v) is 5.23. The minimum Gasteiger partial charge on any atom is -0.481 e. The lowest BCUT2D eigenvalue weighted by Gasteiger charge is -2.41. The second-order valence-electron chi connectivity index (χ2n) is 9.29. The summed E-state index contributed by atoms with van der Waals surface area (Å²) in [5.74, 6) is 0.568. The van der Waals surface area contributed by atoms with Crippen LogP contribution in [0.1, 0.15) is 24.0 Å². The predicted molar refractivity (Wildman–Crippen MR) is 135 cm³/mol. The van der Waals surface area contributed by atoms with Crippen LogP contribution in [0.3, 0.4) is 0 Å². The lowest BCUT2D eigenvalue weighted by Crippen LogP contribution is -2.52. The van der Waals surface area contributed by atoms with Gasteiger partial charge in [-0.25, -0.2) is 9.78 Å². The first kappa shape index (κ1) is 21.6. The number of benzene rings is 2. The number of H-pyrrole nitrogens is 1. The van der Waals surface area contributed by atoms with E-state index < -0.39 is 0 Å². The van der Waals surface area contributed by atoms with Crippen molar-refractivity contribution < 1.29 is 9.53 Å². The first-order valence-electron chi connectivity index (χ1n) is 12.0. The van der Waals surface area contributed by atoms with Crippen molar-refractivity contribution in [3.05, 3.63) is 71.9 Å². The Morgan fingerprint density at radius 2 is 2.03 bits per heavy atom. The van der Waals surface area contributed by atoms with E-state index in [0.717, 1.165) is 65.9 Å². The Balaban J connectivity index is 1.25. The van der Waals surface area contributed by atoms with Crippen LogP contribution in [0.5, 0.6) is 5.88 Å². The van der Waals surface area contributed by atoms with Crippen molar-refractivity contribution in [2.45, 2.75) is 32.0 Å². The number of aromatic nitrogens is 3. The molecular formula is C27H28N6O2. The molecule has 2 aliphatic rings. The number of anilines is 1. The highest BCUT2D eigenvalue weighted by molar-refractivity contribution is 6.00. The second kappa shape index (κ2) is 9.03. The van der Waals surface area contributed by atoms with Gasteiger partial charge in [0.05, 0.1) is 12.6 Å². The van der Waals surface area contributed by atoms with E-state index in [-0.39, 0.29) is 12.1 Å². The summed E-state index contributed by atoms with van der Waals surface area (Å²) < 4.78 is 5.18. The Kier molecular flexibility index (Phi) is 5.58. The number of hydrogen-bond donors (Lipinski definition) is 2. The summed E-state index contributed by atoms with van der Waals surface area (Å²) in [5, 5.41) is 11.8. The molecular weight excluding hydrogens is 440 g/mol. The van der Waals surface area contributed by atoms with Gasteiger partial charge in [-0.3, -0.25) is 10.00 Å². The van der Waals surface area contributed by atoms with Gasteiger partial charge in [-0.05, 0) is 48.7 Å². The number of fused-ring (bicyclic) bond motifs is 2. The number of rotatable bonds is 5. The van der Waals surface area contributed by atoms with Crippen molar-refractivity contribution in [3.8, 4) is 17.1 Å². The zero-order valence-corrected chi connectivity index (χ0v) is 19.7. The van der Waals surface area contributed by atoms with Crippen molar-refractivity contribution in [2.24, 2.45) is 0 Å². The van der Waals surface area contributed by atoms with Crippen molar-refractivity contribution >= 4 is 22.6 Å². The summed E-state index contributed by atoms with van der Waals surface area (Å²) in [6.07, 6.45) is 3.87. The van der Waals surface area contributed by atoms with Crippen LogP contribution in [0, 0.1) is 0 Å². The molecule has 4 heterocycles. The molecule has 8 nitrogen and oxygen atoms in total. The van der Waals surface area contributed by atoms with Gasteiger partial charge < -0.3 is 15.0 Å². The van der Waals surface area contributed by atoms with E-state index in [1.54, 1.807) is 13.3 Å². The standard InChI is InChI=1S/C27H28N6O2/c1-35-25-10-9-19(14-28-25)26-22-12-20-16-33(27(34)29-23(20)13-24(22)30-31-26)21-8-5-11-32(17-21)15-18-6-3-2-4-7-18/h2-4,6-7,9-10,12-14,21H,5,8,11,15-17H2,1H3,(H,29,34)(H,30,31). The molecule has 1 unspecified atom stereocenters. The molecule has 0 spiro atoms. The van der Waals surface area contributed by atoms with Gasteiger partial charge in [0.15, 0.2) is 0 Å². The number of piperidine rings is 1. The Morgan fingerprint density at radius 3 is 2.83 bits per heavy atom. The summed E-state index contributed by atoms with van der Waals surface area (Å²) in [6.45, 7) is 3.45. The molecule has 4 aromatic rings. The Bertz CT molecular complexity index is 1350. The molecule has 178 valence electrons. The summed E-state index contributed by atoms with van der Waals surface area (Å²) in [7, 11) is 1.60. The average Bonchev–Trinajstić information content (AvgIpc) is 3.30. The van der Waals surface area contributed by atoms with Crippen molar-refractivity contribution in [1.29, 1.82) is 0 Å². The number of nitrogens with zero attached hydrogens (tertiary/aromatic N) is 4. The number of urea groups is 1. The van der Waals surface area contributed by atoms with Gasteiger partial charge in [0, 0.05) is 54.6 Å². The third kappa shape index (κ3) is 4.21. The molecule has 2 amide bonds. The van der Waals surface area contributed by atoms with Crippen molar-refractivity contribution in [3.63, 3.8) is 0 Å². The zero-order valence-electron chi connectivity index (χ0n) is 19.7. The fraction of sp³-hybridized carbons (Fsp3) is 0.296. The van der Waals surface area contributed by atoms with Crippen LogP contribution in [0.4, 0.5) is 10.5 Å². The predicted octanol–water partition coefficient (Wildman–Crippen LogP) is 4.65. The van der Waals surface area contributed by atoms with Crippen molar-refractivity contribution in [2.75, 3.05) is 25.5 Å². The van der Waals surface area contributed by atoms with Crippen LogP contribution in [0.2, 0.25) is 0 Å². The maximum absolute atomic E-state index is 13.1. The van der Waals surface area contributed by atoms with Gasteiger partial charge in [-0.1, -0.05) is 30.3 Å². The molecule has 0 radical (unpaired) electrons. The summed E-state index contributed by atoms with van der Waals surface area (Å²) >= 11 is 0. The molecule has 0 bridgehead atoms. The van der Waals surface area contributed by atoms with Crippen LogP contribution in [-0.2, 0) is 13.1 Å². The van der Waals surface area contributed by atoms with E-state index >= 15 is 0 Å². The molecule has 1 saturated heterocycles. The van der Waals surface area contributed by atoms with Gasteiger partial charge in [-0.2, -0.15) is 5.10 Å². The molecule has 35 heavy (non-hydrogen) atoms. The topological polar surface area (TPSA) is 86.4 Å². The first-order valence-corrected chi connectivity index (χ1v) is 12.0. The van der Waals surface area contributed by atoms with Gasteiger partial charge in [0.25, 0.3) is 0 Å². The number of carbonyl (C=O) groups excluding carboxylic acids is 1. The third-order valence-corrected chi connectivity index (χ3v) is 7.02. The highest BCUT2D eigenvalue weighted by Gasteiger charge is 2.32. The van der Waals surface area contributed by atoms with E-state index in [9.17, 15) is 4.79 Å². The molecule has 6 rings (SSSR count). The molecule has 0 saturated carbocycles. The fourth-order valence-electron chi connectivity index (χ4n) is 5.23. The molecule has 2 aromatic heterocycles. The number of likely N-dealkylation sites (tertiary alicyclic amines) is 1. The molecule has 0 aliphatic carbocycles. The molecule has 2 N–H and O–H groups in total. The zero-order chi connectivity index (χ0) is 23.8. The summed E-state index contributed by atoms with van der Waals surface area (Å²) in [5.41, 5.74) is 5.89. The summed E-state index contributed by atoms with van der Waals surface area (Å²) in [6, 6.07) is 18.6. The second-order valence-corrected chi connectivity index (χ2v) is 9.29. The van der Waals surface area contributed by atoms with E-state index in [0.29, 0.717) is 12.4 Å². The lowest BCUT2D eigenvalue weighted by molar-refractivity contribution is 0.108. The van der Waals surface area contributed by atoms with Crippen LogP contribution >= 0.6 is 0 Å². The molecule has 8 heteroatoms. The minimum atomic E-state index is -0.0255. The monoisotopic (exact) mass is 468 g/mol. The number of carbonyl (C=O) groups is 1. The van der Waals surface area contributed by atoms with Crippen LogP contribution < -0.4 is 10.1 Å². The quantitative estimate of drug-likeness (QED) is 0.445. The molecule has 2 aliphatic heterocycles. The molecule has 2 aromatic carbocycles. The Hall–Kier alpha value is -3.91. The van der Waals surface area contributed by atoms with E-state index in [1.165, 1.54) is 5.56 Å². The van der Waals surface area contributed by atoms with Crippen LogP contribution in [0.25, 0.3) is 22.2 Å². The number of pyridine rings is 1. The maximum atomic E-state index is 13.1. The van der Waals surface area contributed by atoms with E-state index in [2.05, 4.69) is 55.7 Å². The van der Waals surface area contributed by atoms with Crippen LogP contribution in [0.15, 0.2) is 60.8 Å². The van der Waals surface area contributed by atoms with Gasteiger partial charge in [0.2, 0.25) is 5.88 Å². The molecule has 1 atom stereocenters. The minimum absolute atomic E-state index is 0.0255. The number of methoxy groups -OCH3 is 1. The number of amides is 2. The van der Waals surface area contributed by atoms with Crippen molar-refractivity contribution in [1.82, 2.24) is 25.0 Å². The number of ether oxygens (including phenoxy) is 1. The molecule has 1 fully saturated rings. The lowest BCUT2D eigenvalue weighted by atomic mass is 9.99. The first-order chi connectivity index (χ1) is 17.2. The SMILES string of the molecule is COc1ccc(-c2n[nH]c3cc4c(cc23)CN(C2CCCN(Cc3ccccc3)C2)C(=O)N4)cn1. The Labute approximate surface area is 203 Å². The van der Waals surface area contributed by atoms with Gasteiger partial charge in [0.1, 0.15) is 5.69 Å². The largest absolute Gasteiger partial charge is 0.481 e. The highest BCUT2D eigenvalue weighted by Crippen LogP contribution is 2.34. The number of aromatic amines is 1. The van der Waals surface area contributed by atoms with E-state index in [4.69, 9.17) is 4.74 Å². The summed E-state index contributed by atoms with van der Waals surface area (Å²) in [4.78, 5) is 21.9.